The maximum absolute atomic E-state index is 13.6. The number of rotatable bonds is 8. The number of carbonyl (C=O) groups excluding carboxylic acids is 1. The van der Waals surface area contributed by atoms with Gasteiger partial charge in [-0.1, -0.05) is 24.3 Å². The molecule has 3 rings (SSSR count). The third kappa shape index (κ3) is 4.56. The van der Waals surface area contributed by atoms with Crippen LogP contribution in [0.1, 0.15) is 24.9 Å². The molecule has 154 valence electrons. The van der Waals surface area contributed by atoms with Crippen molar-refractivity contribution >= 4 is 16.9 Å². The fourth-order valence-electron chi connectivity index (χ4n) is 3.62. The summed E-state index contributed by atoms with van der Waals surface area (Å²) in [5.41, 5.74) is 2.40. The molecule has 3 aromatic rings. The summed E-state index contributed by atoms with van der Waals surface area (Å²) in [5, 5.41) is 2.92. The zero-order valence-corrected chi connectivity index (χ0v) is 17.1. The Morgan fingerprint density at radius 3 is 2.41 bits per heavy atom. The molecule has 1 atom stereocenters. The normalized spacial score (nSPS) is 12.4. The second-order valence-electron chi connectivity index (χ2n) is 7.26. The Balaban J connectivity index is 1.67. The quantitative estimate of drug-likeness (QED) is 0.635. The molecule has 2 aromatic carbocycles. The molecule has 0 bridgehead atoms. The van der Waals surface area contributed by atoms with Crippen molar-refractivity contribution in [2.75, 3.05) is 20.6 Å². The van der Waals surface area contributed by atoms with Gasteiger partial charge in [0.05, 0.1) is 17.1 Å². The zero-order chi connectivity index (χ0) is 21.0. The monoisotopic (exact) mass is 398 g/mol. The van der Waals surface area contributed by atoms with E-state index in [1.54, 1.807) is 15.2 Å². The van der Waals surface area contributed by atoms with Gasteiger partial charge in [0, 0.05) is 26.1 Å². The largest absolute Gasteiger partial charge is 0.354 e. The number of benzene rings is 2. The fourth-order valence-corrected chi connectivity index (χ4v) is 3.62. The van der Waals surface area contributed by atoms with Gasteiger partial charge in [-0.2, -0.15) is 0 Å². The van der Waals surface area contributed by atoms with Crippen LogP contribution in [0.3, 0.4) is 0 Å². The molecule has 29 heavy (non-hydrogen) atoms. The number of likely N-dealkylation sites (N-methyl/N-ethyl adjacent to an activating group) is 1. The minimum atomic E-state index is -0.299. The molecule has 1 N–H and O–H groups in total. The van der Waals surface area contributed by atoms with Gasteiger partial charge in [0.25, 0.3) is 0 Å². The van der Waals surface area contributed by atoms with Crippen molar-refractivity contribution in [3.63, 3.8) is 0 Å². The molecular formula is C22H27FN4O2. The Bertz CT molecular complexity index is 1050. The number of imidazole rings is 1. The number of aryl methyl sites for hydroxylation is 2. The van der Waals surface area contributed by atoms with Crippen molar-refractivity contribution in [2.24, 2.45) is 0 Å². The number of fused-ring (bicyclic) bond motifs is 1. The van der Waals surface area contributed by atoms with Gasteiger partial charge < -0.3 is 10.2 Å². The smallest absolute Gasteiger partial charge is 0.329 e. The SMILES string of the molecule is CCn1c(=O)n(CCC(=O)NCC(c2cccc(F)c2)N(C)C)c2ccccc21. The van der Waals surface area contributed by atoms with Crippen molar-refractivity contribution in [3.8, 4) is 0 Å². The van der Waals surface area contributed by atoms with E-state index in [0.29, 0.717) is 19.6 Å². The van der Waals surface area contributed by atoms with E-state index in [1.165, 1.54) is 12.1 Å². The van der Waals surface area contributed by atoms with Gasteiger partial charge in [0.15, 0.2) is 0 Å². The molecule has 7 heteroatoms. The lowest BCUT2D eigenvalue weighted by molar-refractivity contribution is -0.121. The predicted octanol–water partition coefficient (Wildman–Crippen LogP) is 2.77. The van der Waals surface area contributed by atoms with Gasteiger partial charge in [-0.15, -0.1) is 0 Å². The average Bonchev–Trinajstić information content (AvgIpc) is 2.97. The van der Waals surface area contributed by atoms with E-state index in [1.807, 2.05) is 56.3 Å². The summed E-state index contributed by atoms with van der Waals surface area (Å²) in [6.45, 7) is 3.18. The topological polar surface area (TPSA) is 59.3 Å². The molecule has 6 nitrogen and oxygen atoms in total. The summed E-state index contributed by atoms with van der Waals surface area (Å²) in [5.74, 6) is -0.444. The Morgan fingerprint density at radius 2 is 1.79 bits per heavy atom. The van der Waals surface area contributed by atoms with Gasteiger partial charge in [0.2, 0.25) is 5.91 Å². The third-order valence-corrected chi connectivity index (χ3v) is 5.15. The van der Waals surface area contributed by atoms with Crippen molar-refractivity contribution in [1.82, 2.24) is 19.4 Å². The first kappa shape index (κ1) is 20.8. The zero-order valence-electron chi connectivity index (χ0n) is 17.1. The average molecular weight is 398 g/mol. The van der Waals surface area contributed by atoms with E-state index < -0.39 is 0 Å². The molecule has 1 unspecified atom stereocenters. The molecule has 0 radical (unpaired) electrons. The first-order chi connectivity index (χ1) is 13.9. The summed E-state index contributed by atoms with van der Waals surface area (Å²) in [4.78, 5) is 27.0. The minimum Gasteiger partial charge on any atom is -0.354 e. The summed E-state index contributed by atoms with van der Waals surface area (Å²) in [6, 6.07) is 13.9. The van der Waals surface area contributed by atoms with Crippen LogP contribution >= 0.6 is 0 Å². The molecule has 1 heterocycles. The molecule has 0 saturated carbocycles. The standard InChI is InChI=1S/C22H27FN4O2/c1-4-26-18-10-5-6-11-19(18)27(22(26)29)13-12-21(28)24-15-20(25(2)3)16-8-7-9-17(23)14-16/h5-11,14,20H,4,12-13,15H2,1-3H3,(H,24,28). The van der Waals surface area contributed by atoms with Gasteiger partial charge >= 0.3 is 5.69 Å². The lowest BCUT2D eigenvalue weighted by Crippen LogP contribution is -2.35. The first-order valence-corrected chi connectivity index (χ1v) is 9.79. The van der Waals surface area contributed by atoms with E-state index in [0.717, 1.165) is 16.6 Å². The fraction of sp³-hybridized carbons (Fsp3) is 0.364. The van der Waals surface area contributed by atoms with Crippen molar-refractivity contribution in [2.45, 2.75) is 32.5 Å². The Morgan fingerprint density at radius 1 is 1.10 bits per heavy atom. The van der Waals surface area contributed by atoms with E-state index in [2.05, 4.69) is 5.32 Å². The maximum Gasteiger partial charge on any atom is 0.329 e. The number of hydrogen-bond donors (Lipinski definition) is 1. The lowest BCUT2D eigenvalue weighted by Gasteiger charge is -2.25. The van der Waals surface area contributed by atoms with Crippen LogP contribution in [0.2, 0.25) is 0 Å². The molecule has 0 aliphatic carbocycles. The van der Waals surface area contributed by atoms with Crippen LogP contribution in [0.25, 0.3) is 11.0 Å². The number of hydrogen-bond acceptors (Lipinski definition) is 3. The van der Waals surface area contributed by atoms with E-state index in [4.69, 9.17) is 0 Å². The van der Waals surface area contributed by atoms with Crippen LogP contribution in [0.15, 0.2) is 53.3 Å². The Kier molecular flexibility index (Phi) is 6.49. The number of nitrogens with zero attached hydrogens (tertiary/aromatic N) is 3. The molecule has 0 aliphatic rings. The van der Waals surface area contributed by atoms with Gasteiger partial charge in [-0.05, 0) is 50.8 Å². The van der Waals surface area contributed by atoms with Gasteiger partial charge in [-0.3, -0.25) is 13.9 Å². The van der Waals surface area contributed by atoms with Crippen LogP contribution in [-0.2, 0) is 17.9 Å². The molecule has 0 fully saturated rings. The van der Waals surface area contributed by atoms with E-state index in [9.17, 15) is 14.0 Å². The highest BCUT2D eigenvalue weighted by molar-refractivity contribution is 5.78. The predicted molar refractivity (Wildman–Crippen MR) is 112 cm³/mol. The number of amides is 1. The first-order valence-electron chi connectivity index (χ1n) is 9.79. The molecular weight excluding hydrogens is 371 g/mol. The second kappa shape index (κ2) is 9.05. The molecule has 0 aliphatic heterocycles. The van der Waals surface area contributed by atoms with Crippen LogP contribution in [0.4, 0.5) is 4.39 Å². The summed E-state index contributed by atoms with van der Waals surface area (Å²) in [7, 11) is 3.78. The van der Waals surface area contributed by atoms with Crippen LogP contribution in [0.5, 0.6) is 0 Å². The molecule has 1 amide bonds. The van der Waals surface area contributed by atoms with Gasteiger partial charge in [-0.25, -0.2) is 9.18 Å². The summed E-state index contributed by atoms with van der Waals surface area (Å²) >= 11 is 0. The Labute approximate surface area is 169 Å². The highest BCUT2D eigenvalue weighted by Gasteiger charge is 2.17. The molecule has 0 spiro atoms. The number of aromatic nitrogens is 2. The van der Waals surface area contributed by atoms with Crippen molar-refractivity contribution in [3.05, 3.63) is 70.4 Å². The number of para-hydroxylation sites is 2. The second-order valence-corrected chi connectivity index (χ2v) is 7.26. The van der Waals surface area contributed by atoms with E-state index >= 15 is 0 Å². The Hall–Kier alpha value is -2.93. The van der Waals surface area contributed by atoms with Crippen LogP contribution in [0, 0.1) is 5.82 Å². The number of carbonyl (C=O) groups is 1. The number of nitrogens with one attached hydrogen (secondary N) is 1. The van der Waals surface area contributed by atoms with Gasteiger partial charge in [0.1, 0.15) is 5.82 Å². The summed E-state index contributed by atoms with van der Waals surface area (Å²) in [6.07, 6.45) is 0.195. The highest BCUT2D eigenvalue weighted by atomic mass is 19.1. The van der Waals surface area contributed by atoms with Crippen LogP contribution in [-0.4, -0.2) is 40.6 Å². The molecule has 0 saturated heterocycles. The minimum absolute atomic E-state index is 0.104. The maximum atomic E-state index is 13.6. The molecule has 1 aromatic heterocycles. The van der Waals surface area contributed by atoms with E-state index in [-0.39, 0.29) is 29.9 Å². The number of halogens is 1. The van der Waals surface area contributed by atoms with Crippen molar-refractivity contribution < 1.29 is 9.18 Å². The van der Waals surface area contributed by atoms with Crippen molar-refractivity contribution in [1.29, 1.82) is 0 Å². The van der Waals surface area contributed by atoms with Crippen LogP contribution < -0.4 is 11.0 Å². The third-order valence-electron chi connectivity index (χ3n) is 5.15. The highest BCUT2D eigenvalue weighted by Crippen LogP contribution is 2.18. The lowest BCUT2D eigenvalue weighted by atomic mass is 10.1. The summed E-state index contributed by atoms with van der Waals surface area (Å²) < 4.78 is 16.9.